The minimum Gasteiger partial charge on any atom is -0.330 e. The third-order valence-electron chi connectivity index (χ3n) is 3.57. The Bertz CT molecular complexity index is 370. The highest BCUT2D eigenvalue weighted by Gasteiger charge is 2.21. The van der Waals surface area contributed by atoms with Gasteiger partial charge in [-0.1, -0.05) is 40.5 Å². The van der Waals surface area contributed by atoms with E-state index >= 15 is 0 Å². The standard InChI is InChI=1S/C15H30N4/c1-6-7-12(10-11-16)8-9-13-17-14(15(2,3)4)18-19(13)5/h12H,6-11,16H2,1-5H3. The molecule has 1 heterocycles. The van der Waals surface area contributed by atoms with E-state index in [1.165, 1.54) is 19.3 Å². The lowest BCUT2D eigenvalue weighted by Crippen LogP contribution is -2.13. The molecule has 1 aromatic rings. The van der Waals surface area contributed by atoms with Gasteiger partial charge in [0.05, 0.1) is 0 Å². The lowest BCUT2D eigenvalue weighted by Gasteiger charge is -2.14. The summed E-state index contributed by atoms with van der Waals surface area (Å²) in [5.74, 6) is 2.77. The van der Waals surface area contributed by atoms with Crippen molar-refractivity contribution in [2.24, 2.45) is 18.7 Å². The van der Waals surface area contributed by atoms with Crippen molar-refractivity contribution in [3.63, 3.8) is 0 Å². The summed E-state index contributed by atoms with van der Waals surface area (Å²) < 4.78 is 1.94. The molecule has 0 amide bonds. The van der Waals surface area contributed by atoms with Crippen LogP contribution in [0.3, 0.4) is 0 Å². The number of hydrogen-bond acceptors (Lipinski definition) is 3. The second-order valence-corrected chi connectivity index (χ2v) is 6.50. The fraction of sp³-hybridized carbons (Fsp3) is 0.867. The minimum absolute atomic E-state index is 0.0239. The van der Waals surface area contributed by atoms with Crippen LogP contribution < -0.4 is 5.73 Å². The number of aryl methyl sites for hydroxylation is 2. The summed E-state index contributed by atoms with van der Waals surface area (Å²) in [6, 6.07) is 0. The molecule has 1 aromatic heterocycles. The van der Waals surface area contributed by atoms with Gasteiger partial charge in [-0.15, -0.1) is 0 Å². The molecule has 4 heteroatoms. The molecule has 0 saturated carbocycles. The summed E-state index contributed by atoms with van der Waals surface area (Å²) in [6.45, 7) is 9.49. The maximum Gasteiger partial charge on any atom is 0.156 e. The maximum absolute atomic E-state index is 5.69. The molecular weight excluding hydrogens is 236 g/mol. The first-order valence-electron chi connectivity index (χ1n) is 7.49. The van der Waals surface area contributed by atoms with Crippen molar-refractivity contribution < 1.29 is 0 Å². The van der Waals surface area contributed by atoms with Crippen LogP contribution in [0.1, 0.15) is 65.0 Å². The monoisotopic (exact) mass is 266 g/mol. The van der Waals surface area contributed by atoms with E-state index in [1.807, 2.05) is 11.7 Å². The zero-order valence-electron chi connectivity index (χ0n) is 13.2. The molecule has 2 N–H and O–H groups in total. The number of hydrogen-bond donors (Lipinski definition) is 1. The van der Waals surface area contributed by atoms with Crippen LogP contribution >= 0.6 is 0 Å². The molecule has 0 aromatic carbocycles. The van der Waals surface area contributed by atoms with Crippen molar-refractivity contribution in [1.82, 2.24) is 14.8 Å². The van der Waals surface area contributed by atoms with Crippen LogP contribution in [-0.2, 0) is 18.9 Å². The van der Waals surface area contributed by atoms with Crippen molar-refractivity contribution in [3.05, 3.63) is 11.6 Å². The van der Waals surface area contributed by atoms with Crippen LogP contribution in [0.2, 0.25) is 0 Å². The predicted octanol–water partition coefficient (Wildman–Crippen LogP) is 2.81. The Balaban J connectivity index is 2.64. The van der Waals surface area contributed by atoms with Crippen LogP contribution in [-0.4, -0.2) is 21.3 Å². The maximum atomic E-state index is 5.69. The molecule has 1 atom stereocenters. The molecule has 110 valence electrons. The average molecular weight is 266 g/mol. The highest BCUT2D eigenvalue weighted by atomic mass is 15.3. The minimum atomic E-state index is 0.0239. The van der Waals surface area contributed by atoms with Gasteiger partial charge in [0.15, 0.2) is 5.82 Å². The van der Waals surface area contributed by atoms with Gasteiger partial charge in [0.25, 0.3) is 0 Å². The molecule has 0 spiro atoms. The fourth-order valence-electron chi connectivity index (χ4n) is 2.36. The smallest absolute Gasteiger partial charge is 0.156 e. The van der Waals surface area contributed by atoms with E-state index in [0.29, 0.717) is 0 Å². The van der Waals surface area contributed by atoms with E-state index in [4.69, 9.17) is 10.7 Å². The van der Waals surface area contributed by atoms with Gasteiger partial charge in [-0.2, -0.15) is 5.10 Å². The van der Waals surface area contributed by atoms with Gasteiger partial charge in [-0.25, -0.2) is 4.98 Å². The molecule has 0 saturated heterocycles. The van der Waals surface area contributed by atoms with Crippen molar-refractivity contribution in [2.75, 3.05) is 6.54 Å². The molecule has 19 heavy (non-hydrogen) atoms. The number of rotatable bonds is 7. The lowest BCUT2D eigenvalue weighted by molar-refractivity contribution is 0.414. The first kappa shape index (κ1) is 16.2. The van der Waals surface area contributed by atoms with Gasteiger partial charge >= 0.3 is 0 Å². The first-order chi connectivity index (χ1) is 8.88. The Morgan fingerprint density at radius 1 is 1.21 bits per heavy atom. The number of nitrogens with zero attached hydrogens (tertiary/aromatic N) is 3. The largest absolute Gasteiger partial charge is 0.330 e. The topological polar surface area (TPSA) is 56.7 Å². The quantitative estimate of drug-likeness (QED) is 0.825. The van der Waals surface area contributed by atoms with Crippen LogP contribution in [0.4, 0.5) is 0 Å². The van der Waals surface area contributed by atoms with Gasteiger partial charge in [-0.05, 0) is 25.3 Å². The predicted molar refractivity (Wildman–Crippen MR) is 80.1 cm³/mol. The normalized spacial score (nSPS) is 13.8. The van der Waals surface area contributed by atoms with Gasteiger partial charge in [0.1, 0.15) is 5.82 Å². The highest BCUT2D eigenvalue weighted by Crippen LogP contribution is 2.21. The van der Waals surface area contributed by atoms with E-state index in [9.17, 15) is 0 Å². The molecule has 4 nitrogen and oxygen atoms in total. The molecule has 0 aliphatic carbocycles. The molecule has 0 bridgehead atoms. The van der Waals surface area contributed by atoms with E-state index in [0.717, 1.165) is 37.0 Å². The number of nitrogens with two attached hydrogens (primary N) is 1. The van der Waals surface area contributed by atoms with E-state index in [2.05, 4.69) is 32.8 Å². The molecular formula is C15H30N4. The fourth-order valence-corrected chi connectivity index (χ4v) is 2.36. The molecule has 0 aliphatic rings. The summed E-state index contributed by atoms with van der Waals surface area (Å²) in [5, 5.41) is 4.53. The number of aromatic nitrogens is 3. The Labute approximate surface area is 117 Å². The van der Waals surface area contributed by atoms with E-state index in [-0.39, 0.29) is 5.41 Å². The Morgan fingerprint density at radius 2 is 1.89 bits per heavy atom. The Hall–Kier alpha value is -0.900. The summed E-state index contributed by atoms with van der Waals surface area (Å²) in [4.78, 5) is 4.69. The molecule has 0 aliphatic heterocycles. The lowest BCUT2D eigenvalue weighted by atomic mass is 9.94. The molecule has 0 radical (unpaired) electrons. The van der Waals surface area contributed by atoms with Gasteiger partial charge in [-0.3, -0.25) is 4.68 Å². The average Bonchev–Trinajstić information content (AvgIpc) is 2.68. The summed E-state index contributed by atoms with van der Waals surface area (Å²) in [5.41, 5.74) is 5.71. The van der Waals surface area contributed by atoms with Crippen molar-refractivity contribution in [2.45, 2.75) is 65.2 Å². The van der Waals surface area contributed by atoms with Crippen LogP contribution in [0.25, 0.3) is 0 Å². The summed E-state index contributed by atoms with van der Waals surface area (Å²) in [6.07, 6.45) is 5.79. The second-order valence-electron chi connectivity index (χ2n) is 6.50. The molecule has 1 rings (SSSR count). The van der Waals surface area contributed by atoms with Crippen LogP contribution in [0.15, 0.2) is 0 Å². The van der Waals surface area contributed by atoms with Crippen molar-refractivity contribution in [3.8, 4) is 0 Å². The van der Waals surface area contributed by atoms with E-state index in [1.54, 1.807) is 0 Å². The second kappa shape index (κ2) is 7.04. The van der Waals surface area contributed by atoms with Crippen molar-refractivity contribution >= 4 is 0 Å². The summed E-state index contributed by atoms with van der Waals surface area (Å²) >= 11 is 0. The molecule has 0 fully saturated rings. The Morgan fingerprint density at radius 3 is 2.37 bits per heavy atom. The zero-order chi connectivity index (χ0) is 14.5. The SMILES string of the molecule is CCCC(CCN)CCc1nc(C(C)(C)C)nn1C. The highest BCUT2D eigenvalue weighted by molar-refractivity contribution is 5.03. The third-order valence-corrected chi connectivity index (χ3v) is 3.57. The first-order valence-corrected chi connectivity index (χ1v) is 7.49. The van der Waals surface area contributed by atoms with Gasteiger partial charge in [0.2, 0.25) is 0 Å². The summed E-state index contributed by atoms with van der Waals surface area (Å²) in [7, 11) is 2.00. The van der Waals surface area contributed by atoms with Crippen LogP contribution in [0.5, 0.6) is 0 Å². The third kappa shape index (κ3) is 4.94. The Kier molecular flexibility index (Phi) is 5.98. The van der Waals surface area contributed by atoms with Crippen LogP contribution in [0, 0.1) is 5.92 Å². The van der Waals surface area contributed by atoms with Gasteiger partial charge < -0.3 is 5.73 Å². The van der Waals surface area contributed by atoms with Crippen molar-refractivity contribution in [1.29, 1.82) is 0 Å². The van der Waals surface area contributed by atoms with E-state index < -0.39 is 0 Å². The molecule has 1 unspecified atom stereocenters. The van der Waals surface area contributed by atoms with Gasteiger partial charge in [0, 0.05) is 18.9 Å². The zero-order valence-corrected chi connectivity index (χ0v) is 13.2.